The van der Waals surface area contributed by atoms with Gasteiger partial charge in [0.15, 0.2) is 4.32 Å². The molecule has 1 N–H and O–H groups in total. The van der Waals surface area contributed by atoms with E-state index in [0.29, 0.717) is 26.6 Å². The van der Waals surface area contributed by atoms with Gasteiger partial charge in [-0.05, 0) is 54.2 Å². The molecule has 9 heteroatoms. The van der Waals surface area contributed by atoms with E-state index in [1.165, 1.54) is 13.2 Å². The molecule has 142 valence electrons. The molecule has 0 atom stereocenters. The minimum atomic E-state index is -0.498. The van der Waals surface area contributed by atoms with Crippen molar-refractivity contribution in [1.29, 1.82) is 0 Å². The van der Waals surface area contributed by atoms with Crippen LogP contribution >= 0.6 is 35.6 Å². The molecule has 0 aromatic heterocycles. The Kier molecular flexibility index (Phi) is 6.13. The monoisotopic (exact) mass is 432 g/mol. The van der Waals surface area contributed by atoms with Gasteiger partial charge in [0.05, 0.1) is 17.6 Å². The molecule has 6 nitrogen and oxygen atoms in total. The van der Waals surface area contributed by atoms with Crippen LogP contribution in [0.5, 0.6) is 0 Å². The van der Waals surface area contributed by atoms with Gasteiger partial charge in [-0.3, -0.25) is 15.0 Å². The van der Waals surface area contributed by atoms with Crippen molar-refractivity contribution in [2.45, 2.75) is 0 Å². The van der Waals surface area contributed by atoms with Gasteiger partial charge in [0.25, 0.3) is 11.8 Å². The summed E-state index contributed by atoms with van der Waals surface area (Å²) in [5.74, 6) is -1.38. The molecule has 0 spiro atoms. The van der Waals surface area contributed by atoms with Gasteiger partial charge in [-0.25, -0.2) is 4.79 Å². The van der Waals surface area contributed by atoms with E-state index in [1.54, 1.807) is 48.5 Å². The molecule has 1 aliphatic rings. The van der Waals surface area contributed by atoms with Crippen molar-refractivity contribution in [3.05, 3.63) is 75.1 Å². The Hall–Kier alpha value is -2.68. The number of rotatable bonds is 4. The van der Waals surface area contributed by atoms with Crippen molar-refractivity contribution in [2.24, 2.45) is 0 Å². The van der Waals surface area contributed by atoms with Crippen molar-refractivity contribution >= 4 is 63.8 Å². The average molecular weight is 433 g/mol. The molecule has 0 bridgehead atoms. The van der Waals surface area contributed by atoms with Crippen LogP contribution in [0.3, 0.4) is 0 Å². The molecule has 1 saturated heterocycles. The lowest BCUT2D eigenvalue weighted by atomic mass is 10.1. The van der Waals surface area contributed by atoms with Crippen LogP contribution in [0.1, 0.15) is 26.3 Å². The van der Waals surface area contributed by atoms with Gasteiger partial charge in [0.1, 0.15) is 0 Å². The SMILES string of the molecule is COC(=O)c1ccc(/C=C2\SC(=S)N(NC(=O)c3cccc(Cl)c3)C2=O)cc1. The second-order valence-electron chi connectivity index (χ2n) is 5.58. The molecular weight excluding hydrogens is 420 g/mol. The fourth-order valence-electron chi connectivity index (χ4n) is 2.34. The molecule has 2 aromatic carbocycles. The molecule has 2 aromatic rings. The number of carbonyl (C=O) groups is 3. The highest BCUT2D eigenvalue weighted by atomic mass is 35.5. The van der Waals surface area contributed by atoms with E-state index in [4.69, 9.17) is 23.8 Å². The fourth-order valence-corrected chi connectivity index (χ4v) is 3.71. The molecule has 2 amide bonds. The Morgan fingerprint density at radius 2 is 1.89 bits per heavy atom. The first-order valence-electron chi connectivity index (χ1n) is 7.92. The molecule has 1 heterocycles. The van der Waals surface area contributed by atoms with Gasteiger partial charge in [0, 0.05) is 10.6 Å². The number of esters is 1. The number of ether oxygens (including phenoxy) is 1. The van der Waals surface area contributed by atoms with Crippen molar-refractivity contribution in [2.75, 3.05) is 7.11 Å². The molecule has 0 saturated carbocycles. The van der Waals surface area contributed by atoms with Gasteiger partial charge in [-0.15, -0.1) is 0 Å². The Morgan fingerprint density at radius 3 is 2.54 bits per heavy atom. The standard InChI is InChI=1S/C19H13ClN2O4S2/c1-26-18(25)12-7-5-11(6-8-12)9-15-17(24)22(19(27)28-15)21-16(23)13-3-2-4-14(20)10-13/h2-10H,1H3,(H,21,23)/b15-9-. The summed E-state index contributed by atoms with van der Waals surface area (Å²) in [5.41, 5.74) is 3.91. The number of amides is 2. The Morgan fingerprint density at radius 1 is 1.18 bits per heavy atom. The molecule has 0 radical (unpaired) electrons. The first kappa shape index (κ1) is 20.1. The van der Waals surface area contributed by atoms with Crippen LogP contribution in [0.25, 0.3) is 6.08 Å². The summed E-state index contributed by atoms with van der Waals surface area (Å²) in [6.07, 6.45) is 1.63. The van der Waals surface area contributed by atoms with Crippen molar-refractivity contribution < 1.29 is 19.1 Å². The van der Waals surface area contributed by atoms with E-state index in [9.17, 15) is 14.4 Å². The number of nitrogens with one attached hydrogen (secondary N) is 1. The lowest BCUT2D eigenvalue weighted by molar-refractivity contribution is -0.123. The molecule has 1 aliphatic heterocycles. The summed E-state index contributed by atoms with van der Waals surface area (Å²) in [4.78, 5) is 36.8. The summed E-state index contributed by atoms with van der Waals surface area (Å²) in [6.45, 7) is 0. The number of hydrazine groups is 1. The molecule has 0 aliphatic carbocycles. The molecule has 0 unspecified atom stereocenters. The maximum atomic E-state index is 12.6. The fraction of sp³-hybridized carbons (Fsp3) is 0.0526. The zero-order valence-corrected chi connectivity index (χ0v) is 16.9. The van der Waals surface area contributed by atoms with Crippen LogP contribution in [-0.4, -0.2) is 34.2 Å². The van der Waals surface area contributed by atoms with Crippen molar-refractivity contribution in [1.82, 2.24) is 10.4 Å². The third kappa shape index (κ3) is 4.41. The number of thiocarbonyl (C=S) groups is 1. The maximum absolute atomic E-state index is 12.6. The third-order valence-corrected chi connectivity index (χ3v) is 5.26. The molecular formula is C19H13ClN2O4S2. The highest BCUT2D eigenvalue weighted by Gasteiger charge is 2.33. The zero-order chi connectivity index (χ0) is 20.3. The van der Waals surface area contributed by atoms with Gasteiger partial charge < -0.3 is 4.74 Å². The van der Waals surface area contributed by atoms with E-state index in [1.807, 2.05) is 0 Å². The van der Waals surface area contributed by atoms with Crippen LogP contribution in [0, 0.1) is 0 Å². The van der Waals surface area contributed by atoms with Crippen LogP contribution in [0.2, 0.25) is 5.02 Å². The summed E-state index contributed by atoms with van der Waals surface area (Å²) in [7, 11) is 1.30. The summed E-state index contributed by atoms with van der Waals surface area (Å²) in [5, 5.41) is 1.44. The second-order valence-corrected chi connectivity index (χ2v) is 7.69. The minimum absolute atomic E-state index is 0.206. The van der Waals surface area contributed by atoms with Gasteiger partial charge in [-0.2, -0.15) is 5.01 Å². The third-order valence-electron chi connectivity index (χ3n) is 3.72. The number of hydrogen-bond acceptors (Lipinski definition) is 6. The lowest BCUT2D eigenvalue weighted by Gasteiger charge is -2.15. The highest BCUT2D eigenvalue weighted by molar-refractivity contribution is 8.26. The Bertz CT molecular complexity index is 1010. The Balaban J connectivity index is 1.75. The summed E-state index contributed by atoms with van der Waals surface area (Å²) in [6, 6.07) is 12.9. The predicted molar refractivity (Wildman–Crippen MR) is 112 cm³/mol. The largest absolute Gasteiger partial charge is 0.465 e. The summed E-state index contributed by atoms with van der Waals surface area (Å²) >= 11 is 12.2. The predicted octanol–water partition coefficient (Wildman–Crippen LogP) is 3.67. The van der Waals surface area contributed by atoms with Crippen LogP contribution in [0.4, 0.5) is 0 Å². The van der Waals surface area contributed by atoms with Crippen molar-refractivity contribution in [3.8, 4) is 0 Å². The van der Waals surface area contributed by atoms with E-state index >= 15 is 0 Å². The number of halogens is 1. The van der Waals surface area contributed by atoms with Crippen LogP contribution in [0.15, 0.2) is 53.4 Å². The molecule has 28 heavy (non-hydrogen) atoms. The van der Waals surface area contributed by atoms with Gasteiger partial charge in [-0.1, -0.05) is 41.6 Å². The lowest BCUT2D eigenvalue weighted by Crippen LogP contribution is -2.44. The van der Waals surface area contributed by atoms with Crippen molar-refractivity contribution in [3.63, 3.8) is 0 Å². The number of benzene rings is 2. The first-order valence-corrected chi connectivity index (χ1v) is 9.52. The number of nitrogens with zero attached hydrogens (tertiary/aromatic N) is 1. The molecule has 1 fully saturated rings. The van der Waals surface area contributed by atoms with E-state index < -0.39 is 17.8 Å². The number of thioether (sulfide) groups is 1. The Labute approximate surface area is 175 Å². The van der Waals surface area contributed by atoms with E-state index in [0.717, 1.165) is 16.8 Å². The normalized spacial score (nSPS) is 15.1. The second kappa shape index (κ2) is 8.55. The van der Waals surface area contributed by atoms with E-state index in [-0.39, 0.29) is 4.32 Å². The van der Waals surface area contributed by atoms with Crippen LogP contribution < -0.4 is 5.43 Å². The number of carbonyl (C=O) groups excluding carboxylic acids is 3. The number of methoxy groups -OCH3 is 1. The van der Waals surface area contributed by atoms with E-state index in [2.05, 4.69) is 10.2 Å². The first-order chi connectivity index (χ1) is 13.4. The number of hydrogen-bond donors (Lipinski definition) is 1. The van der Waals surface area contributed by atoms with Crippen LogP contribution in [-0.2, 0) is 9.53 Å². The maximum Gasteiger partial charge on any atom is 0.337 e. The smallest absolute Gasteiger partial charge is 0.337 e. The average Bonchev–Trinajstić information content (AvgIpc) is 2.95. The van der Waals surface area contributed by atoms with Gasteiger partial charge in [0.2, 0.25) is 0 Å². The zero-order valence-electron chi connectivity index (χ0n) is 14.5. The minimum Gasteiger partial charge on any atom is -0.465 e. The quantitative estimate of drug-likeness (QED) is 0.451. The highest BCUT2D eigenvalue weighted by Crippen LogP contribution is 2.31. The topological polar surface area (TPSA) is 75.7 Å². The molecule has 3 rings (SSSR count). The van der Waals surface area contributed by atoms with Gasteiger partial charge >= 0.3 is 5.97 Å². The summed E-state index contributed by atoms with van der Waals surface area (Å²) < 4.78 is 4.86.